The first-order chi connectivity index (χ1) is 8.46. The number of rotatable bonds is 2. The van der Waals surface area contributed by atoms with E-state index < -0.39 is 21.9 Å². The van der Waals surface area contributed by atoms with E-state index in [9.17, 15) is 18.0 Å². The molecular formula is C11H14N2O4S. The van der Waals surface area contributed by atoms with E-state index in [0.29, 0.717) is 0 Å². The summed E-state index contributed by atoms with van der Waals surface area (Å²) < 4.78 is 22.7. The molecule has 1 saturated carbocycles. The molecule has 0 aromatic heterocycles. The molecule has 2 amide bonds. The molecule has 6 nitrogen and oxygen atoms in total. The summed E-state index contributed by atoms with van der Waals surface area (Å²) in [5.41, 5.74) is 0. The molecule has 2 aliphatic heterocycles. The minimum atomic E-state index is -3.21. The summed E-state index contributed by atoms with van der Waals surface area (Å²) in [7, 11) is -3.21. The standard InChI is InChI=1S/C11H14N2O4S/c14-9-5-13(8-3-4-18(16,17)6-8)11(15)10(12-9)7-1-2-7/h3-4,7-8,10H,1-2,5-6H2,(H,12,14). The molecule has 0 aromatic carbocycles. The van der Waals surface area contributed by atoms with Gasteiger partial charge in [0.2, 0.25) is 11.8 Å². The van der Waals surface area contributed by atoms with Crippen molar-refractivity contribution in [1.29, 1.82) is 0 Å². The molecule has 3 aliphatic rings. The Morgan fingerprint density at radius 2 is 2.00 bits per heavy atom. The summed E-state index contributed by atoms with van der Waals surface area (Å²) >= 11 is 0. The molecule has 2 unspecified atom stereocenters. The Balaban J connectivity index is 1.81. The van der Waals surface area contributed by atoms with Crippen LogP contribution in [0.3, 0.4) is 0 Å². The number of nitrogens with one attached hydrogen (secondary N) is 1. The number of piperazine rings is 1. The van der Waals surface area contributed by atoms with E-state index in [1.807, 2.05) is 0 Å². The van der Waals surface area contributed by atoms with Gasteiger partial charge in [0.25, 0.3) is 0 Å². The highest BCUT2D eigenvalue weighted by Crippen LogP contribution is 2.35. The van der Waals surface area contributed by atoms with Crippen LogP contribution in [0.2, 0.25) is 0 Å². The molecular weight excluding hydrogens is 256 g/mol. The van der Waals surface area contributed by atoms with Crippen LogP contribution in [0.25, 0.3) is 0 Å². The minimum absolute atomic E-state index is 0.0490. The van der Waals surface area contributed by atoms with Crippen LogP contribution in [0.4, 0.5) is 0 Å². The van der Waals surface area contributed by atoms with Gasteiger partial charge in [0, 0.05) is 5.41 Å². The number of sulfone groups is 1. The van der Waals surface area contributed by atoms with Crippen molar-refractivity contribution >= 4 is 21.7 Å². The SMILES string of the molecule is O=C1CN(C2C=CS(=O)(=O)C2)C(=O)C(C2CC2)N1. The quantitative estimate of drug-likeness (QED) is 0.700. The topological polar surface area (TPSA) is 83.6 Å². The molecule has 0 radical (unpaired) electrons. The van der Waals surface area contributed by atoms with Crippen molar-refractivity contribution in [3.05, 3.63) is 11.5 Å². The van der Waals surface area contributed by atoms with E-state index >= 15 is 0 Å². The molecule has 1 N–H and O–H groups in total. The lowest BCUT2D eigenvalue weighted by Gasteiger charge is -2.35. The van der Waals surface area contributed by atoms with Gasteiger partial charge >= 0.3 is 0 Å². The summed E-state index contributed by atoms with van der Waals surface area (Å²) in [6.07, 6.45) is 3.39. The van der Waals surface area contributed by atoms with Gasteiger partial charge in [-0.3, -0.25) is 9.59 Å². The van der Waals surface area contributed by atoms with Crippen molar-refractivity contribution in [2.24, 2.45) is 5.92 Å². The Kier molecular flexibility index (Phi) is 2.48. The molecule has 3 rings (SSSR count). The monoisotopic (exact) mass is 270 g/mol. The van der Waals surface area contributed by atoms with Gasteiger partial charge in [-0.15, -0.1) is 0 Å². The van der Waals surface area contributed by atoms with Gasteiger partial charge < -0.3 is 10.2 Å². The lowest BCUT2D eigenvalue weighted by atomic mass is 10.1. The van der Waals surface area contributed by atoms with Gasteiger partial charge in [0.1, 0.15) is 12.6 Å². The van der Waals surface area contributed by atoms with Crippen molar-refractivity contribution < 1.29 is 18.0 Å². The Bertz CT molecular complexity index is 535. The number of carbonyl (C=O) groups is 2. The summed E-state index contributed by atoms with van der Waals surface area (Å²) in [5.74, 6) is -0.233. The number of hydrogen-bond acceptors (Lipinski definition) is 4. The van der Waals surface area contributed by atoms with Crippen LogP contribution in [0.5, 0.6) is 0 Å². The van der Waals surface area contributed by atoms with Crippen LogP contribution < -0.4 is 5.32 Å². The Hall–Kier alpha value is -1.37. The van der Waals surface area contributed by atoms with Crippen LogP contribution in [0.1, 0.15) is 12.8 Å². The maximum absolute atomic E-state index is 12.2. The van der Waals surface area contributed by atoms with E-state index in [1.165, 1.54) is 11.0 Å². The number of nitrogens with zero attached hydrogens (tertiary/aromatic N) is 1. The smallest absolute Gasteiger partial charge is 0.246 e. The number of carbonyl (C=O) groups excluding carboxylic acids is 2. The molecule has 0 aromatic rings. The van der Waals surface area contributed by atoms with Crippen LogP contribution >= 0.6 is 0 Å². The van der Waals surface area contributed by atoms with Gasteiger partial charge in [-0.05, 0) is 24.8 Å². The van der Waals surface area contributed by atoms with Crippen LogP contribution in [0.15, 0.2) is 11.5 Å². The van der Waals surface area contributed by atoms with Gasteiger partial charge in [-0.2, -0.15) is 0 Å². The highest BCUT2D eigenvalue weighted by molar-refractivity contribution is 7.94. The van der Waals surface area contributed by atoms with Gasteiger partial charge in [-0.25, -0.2) is 8.42 Å². The van der Waals surface area contributed by atoms with Crippen molar-refractivity contribution in [2.75, 3.05) is 12.3 Å². The lowest BCUT2D eigenvalue weighted by Crippen LogP contribution is -2.61. The third-order valence-corrected chi connectivity index (χ3v) is 4.96. The fourth-order valence-electron chi connectivity index (χ4n) is 2.48. The summed E-state index contributed by atoms with van der Waals surface area (Å²) in [6.45, 7) is -0.0490. The average Bonchev–Trinajstić information content (AvgIpc) is 3.06. The van der Waals surface area contributed by atoms with Crippen molar-refractivity contribution in [1.82, 2.24) is 10.2 Å². The summed E-state index contributed by atoms with van der Waals surface area (Å²) in [5, 5.41) is 3.83. The molecule has 2 heterocycles. The van der Waals surface area contributed by atoms with Crippen molar-refractivity contribution in [3.63, 3.8) is 0 Å². The second-order valence-electron chi connectivity index (χ2n) is 5.07. The maximum Gasteiger partial charge on any atom is 0.246 e. The second kappa shape index (κ2) is 3.81. The highest BCUT2D eigenvalue weighted by Gasteiger charge is 2.45. The maximum atomic E-state index is 12.2. The normalized spacial score (nSPS) is 34.8. The van der Waals surface area contributed by atoms with Crippen LogP contribution in [-0.2, 0) is 19.4 Å². The largest absolute Gasteiger partial charge is 0.342 e. The molecule has 18 heavy (non-hydrogen) atoms. The molecule has 2 atom stereocenters. The average molecular weight is 270 g/mol. The van der Waals surface area contributed by atoms with E-state index in [1.54, 1.807) is 0 Å². The second-order valence-corrected chi connectivity index (χ2v) is 7.01. The van der Waals surface area contributed by atoms with E-state index in [-0.39, 0.29) is 30.0 Å². The summed E-state index contributed by atoms with van der Waals surface area (Å²) in [4.78, 5) is 25.2. The molecule has 98 valence electrons. The van der Waals surface area contributed by atoms with Crippen LogP contribution in [-0.4, -0.2) is 49.5 Å². The molecule has 0 spiro atoms. The zero-order valence-electron chi connectivity index (χ0n) is 9.70. The highest BCUT2D eigenvalue weighted by atomic mass is 32.2. The fourth-order valence-corrected chi connectivity index (χ4v) is 3.77. The number of hydrogen-bond donors (Lipinski definition) is 1. The summed E-state index contributed by atoms with van der Waals surface area (Å²) in [6, 6.07) is -0.947. The van der Waals surface area contributed by atoms with Gasteiger partial charge in [0.05, 0.1) is 11.8 Å². The van der Waals surface area contributed by atoms with E-state index in [2.05, 4.69) is 5.32 Å². The van der Waals surface area contributed by atoms with E-state index in [0.717, 1.165) is 18.2 Å². The van der Waals surface area contributed by atoms with Crippen molar-refractivity contribution in [3.8, 4) is 0 Å². The molecule has 0 bridgehead atoms. The van der Waals surface area contributed by atoms with Gasteiger partial charge in [0.15, 0.2) is 9.84 Å². The predicted molar refractivity (Wildman–Crippen MR) is 63.1 cm³/mol. The van der Waals surface area contributed by atoms with Gasteiger partial charge in [-0.1, -0.05) is 0 Å². The molecule has 2 fully saturated rings. The minimum Gasteiger partial charge on any atom is -0.342 e. The Morgan fingerprint density at radius 3 is 2.56 bits per heavy atom. The van der Waals surface area contributed by atoms with Crippen molar-refractivity contribution in [2.45, 2.75) is 24.9 Å². The first kappa shape index (κ1) is 11.7. The predicted octanol–water partition coefficient (Wildman–Crippen LogP) is -0.966. The third kappa shape index (κ3) is 2.03. The molecule has 7 heteroatoms. The Morgan fingerprint density at radius 1 is 1.28 bits per heavy atom. The first-order valence-corrected chi connectivity index (χ1v) is 7.69. The number of amides is 2. The zero-order valence-corrected chi connectivity index (χ0v) is 10.5. The zero-order chi connectivity index (χ0) is 12.9. The lowest BCUT2D eigenvalue weighted by molar-refractivity contribution is -0.145. The molecule has 1 aliphatic carbocycles. The first-order valence-electron chi connectivity index (χ1n) is 5.97. The third-order valence-electron chi connectivity index (χ3n) is 3.58. The Labute approximate surface area is 105 Å². The molecule has 1 saturated heterocycles. The van der Waals surface area contributed by atoms with E-state index in [4.69, 9.17) is 0 Å². The van der Waals surface area contributed by atoms with Crippen LogP contribution in [0, 0.1) is 5.92 Å². The fraction of sp³-hybridized carbons (Fsp3) is 0.636.